The molecule has 0 aromatic rings. The number of carboxylic acid groups (broad SMARTS) is 1. The molecule has 1 aliphatic rings. The Morgan fingerprint density at radius 1 is 1.57 bits per heavy atom. The third-order valence-electron chi connectivity index (χ3n) is 2.29. The molecule has 0 radical (unpaired) electrons. The molecule has 1 saturated heterocycles. The van der Waals surface area contributed by atoms with Crippen LogP contribution in [0.4, 0.5) is 0 Å². The van der Waals surface area contributed by atoms with E-state index in [1.807, 2.05) is 0 Å². The number of piperidine rings is 1. The number of methoxy groups -OCH3 is 1. The van der Waals surface area contributed by atoms with Gasteiger partial charge >= 0.3 is 5.97 Å². The van der Waals surface area contributed by atoms with Crippen molar-refractivity contribution in [3.8, 4) is 0 Å². The van der Waals surface area contributed by atoms with E-state index in [0.717, 1.165) is 6.42 Å². The van der Waals surface area contributed by atoms with Crippen LogP contribution in [0.1, 0.15) is 12.8 Å². The van der Waals surface area contributed by atoms with Crippen LogP contribution in [0.5, 0.6) is 0 Å². The van der Waals surface area contributed by atoms with E-state index < -0.39 is 12.0 Å². The van der Waals surface area contributed by atoms with Gasteiger partial charge in [-0.1, -0.05) is 0 Å². The van der Waals surface area contributed by atoms with Gasteiger partial charge in [0.25, 0.3) is 0 Å². The lowest BCUT2D eigenvalue weighted by molar-refractivity contribution is -0.141. The first-order chi connectivity index (χ1) is 6.74. The minimum absolute atomic E-state index is 0.0486. The van der Waals surface area contributed by atoms with E-state index in [0.29, 0.717) is 26.2 Å². The van der Waals surface area contributed by atoms with Crippen LogP contribution in [-0.4, -0.2) is 50.1 Å². The number of ether oxygens (including phenoxy) is 2. The zero-order chi connectivity index (χ0) is 10.4. The van der Waals surface area contributed by atoms with E-state index in [9.17, 15) is 4.79 Å². The first kappa shape index (κ1) is 11.4. The summed E-state index contributed by atoms with van der Waals surface area (Å²) < 4.78 is 10.3. The van der Waals surface area contributed by atoms with Crippen molar-refractivity contribution in [1.29, 1.82) is 0 Å². The second-order valence-corrected chi connectivity index (χ2v) is 3.35. The quantitative estimate of drug-likeness (QED) is 0.608. The van der Waals surface area contributed by atoms with Crippen molar-refractivity contribution in [2.24, 2.45) is 0 Å². The molecule has 2 atom stereocenters. The van der Waals surface area contributed by atoms with Gasteiger partial charge in [-0.3, -0.25) is 4.79 Å². The van der Waals surface area contributed by atoms with Crippen LogP contribution in [0.2, 0.25) is 0 Å². The SMILES string of the molecule is COCCOC1CCNC(C(=O)O)C1. The molecule has 82 valence electrons. The van der Waals surface area contributed by atoms with E-state index >= 15 is 0 Å². The molecular formula is C9H17NO4. The van der Waals surface area contributed by atoms with E-state index in [-0.39, 0.29) is 6.10 Å². The van der Waals surface area contributed by atoms with Gasteiger partial charge in [0, 0.05) is 7.11 Å². The molecule has 1 rings (SSSR count). The van der Waals surface area contributed by atoms with Crippen LogP contribution in [0.15, 0.2) is 0 Å². The summed E-state index contributed by atoms with van der Waals surface area (Å²) in [6.45, 7) is 1.80. The predicted molar refractivity (Wildman–Crippen MR) is 50.3 cm³/mol. The minimum Gasteiger partial charge on any atom is -0.480 e. The maximum atomic E-state index is 10.7. The molecule has 1 fully saturated rings. The van der Waals surface area contributed by atoms with Crippen molar-refractivity contribution >= 4 is 5.97 Å². The maximum Gasteiger partial charge on any atom is 0.320 e. The Kier molecular flexibility index (Phi) is 4.86. The predicted octanol–water partition coefficient (Wildman–Crippen LogP) is -0.145. The Hall–Kier alpha value is -0.650. The third-order valence-corrected chi connectivity index (χ3v) is 2.29. The molecule has 0 bridgehead atoms. The highest BCUT2D eigenvalue weighted by atomic mass is 16.5. The molecule has 2 N–H and O–H groups in total. The molecule has 5 nitrogen and oxygen atoms in total. The Morgan fingerprint density at radius 2 is 2.36 bits per heavy atom. The molecule has 0 aromatic heterocycles. The normalized spacial score (nSPS) is 27.5. The summed E-state index contributed by atoms with van der Waals surface area (Å²) in [6, 6.07) is -0.462. The number of nitrogens with one attached hydrogen (secondary N) is 1. The molecule has 5 heteroatoms. The second-order valence-electron chi connectivity index (χ2n) is 3.35. The Morgan fingerprint density at radius 3 is 3.00 bits per heavy atom. The van der Waals surface area contributed by atoms with Crippen LogP contribution >= 0.6 is 0 Å². The zero-order valence-corrected chi connectivity index (χ0v) is 8.36. The lowest BCUT2D eigenvalue weighted by Crippen LogP contribution is -2.46. The molecule has 2 unspecified atom stereocenters. The van der Waals surface area contributed by atoms with E-state index in [2.05, 4.69) is 5.32 Å². The van der Waals surface area contributed by atoms with Crippen molar-refractivity contribution < 1.29 is 19.4 Å². The fourth-order valence-electron chi connectivity index (χ4n) is 1.52. The number of rotatable bonds is 5. The summed E-state index contributed by atoms with van der Waals surface area (Å²) in [4.78, 5) is 10.7. The summed E-state index contributed by atoms with van der Waals surface area (Å²) in [5.41, 5.74) is 0. The highest BCUT2D eigenvalue weighted by Crippen LogP contribution is 2.12. The first-order valence-corrected chi connectivity index (χ1v) is 4.80. The Labute approximate surface area is 83.4 Å². The third kappa shape index (κ3) is 3.61. The summed E-state index contributed by atoms with van der Waals surface area (Å²) >= 11 is 0. The lowest BCUT2D eigenvalue weighted by Gasteiger charge is -2.27. The molecule has 0 aromatic carbocycles. The van der Waals surface area contributed by atoms with Gasteiger partial charge < -0.3 is 19.9 Å². The average molecular weight is 203 g/mol. The van der Waals surface area contributed by atoms with Crippen LogP contribution in [-0.2, 0) is 14.3 Å². The van der Waals surface area contributed by atoms with E-state index in [4.69, 9.17) is 14.6 Å². The fourth-order valence-corrected chi connectivity index (χ4v) is 1.52. The zero-order valence-electron chi connectivity index (χ0n) is 8.36. The number of hydrogen-bond acceptors (Lipinski definition) is 4. The Bertz CT molecular complexity index is 186. The smallest absolute Gasteiger partial charge is 0.320 e. The van der Waals surface area contributed by atoms with Crippen molar-refractivity contribution in [1.82, 2.24) is 5.32 Å². The fraction of sp³-hybridized carbons (Fsp3) is 0.889. The van der Waals surface area contributed by atoms with Crippen LogP contribution in [0.3, 0.4) is 0 Å². The van der Waals surface area contributed by atoms with Gasteiger partial charge in [0.1, 0.15) is 6.04 Å². The highest BCUT2D eigenvalue weighted by Gasteiger charge is 2.26. The average Bonchev–Trinajstić information content (AvgIpc) is 2.19. The summed E-state index contributed by atoms with van der Waals surface area (Å²) in [5.74, 6) is -0.801. The van der Waals surface area contributed by atoms with Gasteiger partial charge in [-0.2, -0.15) is 0 Å². The largest absolute Gasteiger partial charge is 0.480 e. The maximum absolute atomic E-state index is 10.7. The molecule has 1 heterocycles. The van der Waals surface area contributed by atoms with Crippen molar-refractivity contribution in [3.05, 3.63) is 0 Å². The van der Waals surface area contributed by atoms with Crippen LogP contribution in [0.25, 0.3) is 0 Å². The first-order valence-electron chi connectivity index (χ1n) is 4.80. The second kappa shape index (κ2) is 5.95. The topological polar surface area (TPSA) is 67.8 Å². The van der Waals surface area contributed by atoms with Gasteiger partial charge in [-0.05, 0) is 19.4 Å². The van der Waals surface area contributed by atoms with Gasteiger partial charge in [-0.25, -0.2) is 0 Å². The highest BCUT2D eigenvalue weighted by molar-refractivity contribution is 5.73. The summed E-state index contributed by atoms with van der Waals surface area (Å²) in [5, 5.41) is 11.7. The minimum atomic E-state index is -0.801. The molecule has 0 amide bonds. The summed E-state index contributed by atoms with van der Waals surface area (Å²) in [6.07, 6.45) is 1.46. The van der Waals surface area contributed by atoms with Crippen LogP contribution < -0.4 is 5.32 Å². The van der Waals surface area contributed by atoms with Crippen molar-refractivity contribution in [2.45, 2.75) is 25.0 Å². The molecular weight excluding hydrogens is 186 g/mol. The number of carboxylic acids is 1. The molecule has 0 spiro atoms. The van der Waals surface area contributed by atoms with Crippen LogP contribution in [0, 0.1) is 0 Å². The van der Waals surface area contributed by atoms with Gasteiger partial charge in [0.2, 0.25) is 0 Å². The Balaban J connectivity index is 2.22. The lowest BCUT2D eigenvalue weighted by atomic mass is 10.0. The number of aliphatic carboxylic acids is 1. The number of carbonyl (C=O) groups is 1. The van der Waals surface area contributed by atoms with Gasteiger partial charge in [0.15, 0.2) is 0 Å². The molecule has 0 aliphatic carbocycles. The van der Waals surface area contributed by atoms with Crippen molar-refractivity contribution in [3.63, 3.8) is 0 Å². The van der Waals surface area contributed by atoms with Crippen molar-refractivity contribution in [2.75, 3.05) is 26.9 Å². The summed E-state index contributed by atoms with van der Waals surface area (Å²) in [7, 11) is 1.62. The van der Waals surface area contributed by atoms with Gasteiger partial charge in [-0.15, -0.1) is 0 Å². The van der Waals surface area contributed by atoms with E-state index in [1.165, 1.54) is 0 Å². The standard InChI is InChI=1S/C9H17NO4/c1-13-4-5-14-7-2-3-10-8(6-7)9(11)12/h7-8,10H,2-6H2,1H3,(H,11,12). The monoisotopic (exact) mass is 203 g/mol. The van der Waals surface area contributed by atoms with E-state index in [1.54, 1.807) is 7.11 Å². The van der Waals surface area contributed by atoms with Gasteiger partial charge in [0.05, 0.1) is 19.3 Å². The molecule has 1 aliphatic heterocycles. The molecule has 0 saturated carbocycles. The molecule has 14 heavy (non-hydrogen) atoms. The number of hydrogen-bond donors (Lipinski definition) is 2.